The van der Waals surface area contributed by atoms with Crippen LogP contribution in [-0.4, -0.2) is 11.9 Å². The Labute approximate surface area is 91.3 Å². The van der Waals surface area contributed by atoms with Crippen LogP contribution < -0.4 is 4.74 Å². The molecule has 82 valence electrons. The number of carbonyl (C=O) groups is 1. The third kappa shape index (κ3) is 3.74. The Bertz CT molecular complexity index is 356. The highest BCUT2D eigenvalue weighted by atomic mass is 16.5. The van der Waals surface area contributed by atoms with Gasteiger partial charge in [-0.25, -0.2) is 0 Å². The average Bonchev–Trinajstić information content (AvgIpc) is 2.10. The van der Waals surface area contributed by atoms with Gasteiger partial charge in [0.1, 0.15) is 17.6 Å². The summed E-state index contributed by atoms with van der Waals surface area (Å²) < 4.78 is 5.64. The van der Waals surface area contributed by atoms with Crippen LogP contribution in [0, 0.1) is 13.8 Å². The highest BCUT2D eigenvalue weighted by molar-refractivity contribution is 5.75. The maximum Gasteiger partial charge on any atom is 0.133 e. The molecule has 0 fully saturated rings. The first kappa shape index (κ1) is 11.8. The molecule has 0 heterocycles. The Morgan fingerprint density at radius 2 is 2.00 bits per heavy atom. The zero-order chi connectivity index (χ0) is 11.4. The molecule has 0 radical (unpaired) electrons. The molecular weight excluding hydrogens is 188 g/mol. The Kier molecular flexibility index (Phi) is 3.89. The Hall–Kier alpha value is -1.31. The van der Waals surface area contributed by atoms with E-state index in [1.807, 2.05) is 25.1 Å². The Morgan fingerprint density at radius 1 is 1.33 bits per heavy atom. The van der Waals surface area contributed by atoms with E-state index in [9.17, 15) is 4.79 Å². The molecule has 0 aliphatic heterocycles. The summed E-state index contributed by atoms with van der Waals surface area (Å²) in [4.78, 5) is 10.9. The molecule has 0 saturated heterocycles. The second-order valence-corrected chi connectivity index (χ2v) is 4.08. The molecule has 1 aromatic rings. The maximum atomic E-state index is 10.9. The summed E-state index contributed by atoms with van der Waals surface area (Å²) in [7, 11) is 0. The van der Waals surface area contributed by atoms with Gasteiger partial charge in [-0.1, -0.05) is 6.07 Å². The van der Waals surface area contributed by atoms with Gasteiger partial charge >= 0.3 is 0 Å². The zero-order valence-electron chi connectivity index (χ0n) is 9.83. The lowest BCUT2D eigenvalue weighted by atomic mass is 10.1. The molecule has 0 amide bonds. The molecule has 1 aromatic carbocycles. The van der Waals surface area contributed by atoms with Gasteiger partial charge in [0, 0.05) is 6.42 Å². The van der Waals surface area contributed by atoms with E-state index in [2.05, 4.69) is 13.8 Å². The van der Waals surface area contributed by atoms with Crippen molar-refractivity contribution in [3.63, 3.8) is 0 Å². The van der Waals surface area contributed by atoms with Crippen molar-refractivity contribution in [2.24, 2.45) is 0 Å². The van der Waals surface area contributed by atoms with Crippen LogP contribution in [0.25, 0.3) is 0 Å². The largest absolute Gasteiger partial charge is 0.490 e. The average molecular weight is 206 g/mol. The van der Waals surface area contributed by atoms with Gasteiger partial charge in [0.2, 0.25) is 0 Å². The molecule has 0 spiro atoms. The number of aryl methyl sites for hydroxylation is 2. The molecule has 1 unspecified atom stereocenters. The van der Waals surface area contributed by atoms with E-state index in [0.29, 0.717) is 6.42 Å². The second-order valence-electron chi connectivity index (χ2n) is 4.08. The van der Waals surface area contributed by atoms with Crippen LogP contribution in [0.5, 0.6) is 5.75 Å². The molecule has 0 bridgehead atoms. The first-order chi connectivity index (χ1) is 6.99. The molecule has 2 heteroatoms. The summed E-state index contributed by atoms with van der Waals surface area (Å²) in [6.07, 6.45) is 0.414. The van der Waals surface area contributed by atoms with Gasteiger partial charge in [0.05, 0.1) is 0 Å². The SMILES string of the molecule is CC(=O)CC(C)Oc1ccc(C)c(C)c1. The van der Waals surface area contributed by atoms with Crippen LogP contribution >= 0.6 is 0 Å². The third-order valence-electron chi connectivity index (χ3n) is 2.39. The monoisotopic (exact) mass is 206 g/mol. The van der Waals surface area contributed by atoms with E-state index in [-0.39, 0.29) is 11.9 Å². The van der Waals surface area contributed by atoms with E-state index in [1.54, 1.807) is 6.92 Å². The van der Waals surface area contributed by atoms with Crippen LogP contribution in [0.15, 0.2) is 18.2 Å². The van der Waals surface area contributed by atoms with Gasteiger partial charge in [-0.2, -0.15) is 0 Å². The van der Waals surface area contributed by atoms with Crippen molar-refractivity contribution in [3.8, 4) is 5.75 Å². The van der Waals surface area contributed by atoms with E-state index >= 15 is 0 Å². The number of rotatable bonds is 4. The fourth-order valence-corrected chi connectivity index (χ4v) is 1.47. The van der Waals surface area contributed by atoms with Crippen LogP contribution in [0.1, 0.15) is 31.4 Å². The highest BCUT2D eigenvalue weighted by Crippen LogP contribution is 2.18. The fraction of sp³-hybridized carbons (Fsp3) is 0.462. The van der Waals surface area contributed by atoms with Crippen LogP contribution in [0.3, 0.4) is 0 Å². The topological polar surface area (TPSA) is 26.3 Å². The van der Waals surface area contributed by atoms with Crippen molar-refractivity contribution in [1.82, 2.24) is 0 Å². The maximum absolute atomic E-state index is 10.9. The summed E-state index contributed by atoms with van der Waals surface area (Å²) in [6.45, 7) is 7.62. The minimum Gasteiger partial charge on any atom is -0.490 e. The summed E-state index contributed by atoms with van der Waals surface area (Å²) >= 11 is 0. The molecule has 0 aliphatic rings. The van der Waals surface area contributed by atoms with Crippen molar-refractivity contribution in [2.75, 3.05) is 0 Å². The van der Waals surface area contributed by atoms with Crippen LogP contribution in [-0.2, 0) is 4.79 Å². The first-order valence-electron chi connectivity index (χ1n) is 5.22. The molecule has 0 N–H and O–H groups in total. The third-order valence-corrected chi connectivity index (χ3v) is 2.39. The van der Waals surface area contributed by atoms with Crippen molar-refractivity contribution in [3.05, 3.63) is 29.3 Å². The molecule has 15 heavy (non-hydrogen) atoms. The van der Waals surface area contributed by atoms with Crippen molar-refractivity contribution >= 4 is 5.78 Å². The van der Waals surface area contributed by atoms with E-state index in [1.165, 1.54) is 11.1 Å². The normalized spacial score (nSPS) is 12.3. The summed E-state index contributed by atoms with van der Waals surface area (Å²) in [5, 5.41) is 0. The summed E-state index contributed by atoms with van der Waals surface area (Å²) in [6, 6.07) is 5.98. The van der Waals surface area contributed by atoms with Crippen molar-refractivity contribution < 1.29 is 9.53 Å². The lowest BCUT2D eigenvalue weighted by molar-refractivity contribution is -0.118. The van der Waals surface area contributed by atoms with Gasteiger partial charge < -0.3 is 4.74 Å². The standard InChI is InChI=1S/C13H18O2/c1-9-5-6-13(7-10(9)2)15-12(4)8-11(3)14/h5-7,12H,8H2,1-4H3. The quantitative estimate of drug-likeness (QED) is 0.756. The fourth-order valence-electron chi connectivity index (χ4n) is 1.47. The second kappa shape index (κ2) is 4.96. The minimum atomic E-state index is -0.0513. The van der Waals surface area contributed by atoms with Crippen LogP contribution in [0.2, 0.25) is 0 Å². The van der Waals surface area contributed by atoms with E-state index in [4.69, 9.17) is 4.74 Å². The lowest BCUT2D eigenvalue weighted by Crippen LogP contribution is -2.15. The predicted octanol–water partition coefficient (Wildman–Crippen LogP) is 3.05. The predicted molar refractivity (Wildman–Crippen MR) is 61.3 cm³/mol. The molecule has 2 nitrogen and oxygen atoms in total. The Morgan fingerprint density at radius 3 is 2.53 bits per heavy atom. The van der Waals surface area contributed by atoms with Gasteiger partial charge in [-0.05, 0) is 51.0 Å². The lowest BCUT2D eigenvalue weighted by Gasteiger charge is -2.14. The molecule has 1 atom stereocenters. The van der Waals surface area contributed by atoms with Crippen LogP contribution in [0.4, 0.5) is 0 Å². The van der Waals surface area contributed by atoms with Crippen molar-refractivity contribution in [2.45, 2.75) is 40.2 Å². The molecule has 0 aromatic heterocycles. The van der Waals surface area contributed by atoms with E-state index in [0.717, 1.165) is 5.75 Å². The summed E-state index contributed by atoms with van der Waals surface area (Å²) in [5.74, 6) is 0.998. The molecule has 0 aliphatic carbocycles. The molecular formula is C13H18O2. The number of hydrogen-bond acceptors (Lipinski definition) is 2. The number of Topliss-reactive ketones (excluding diaryl/α,β-unsaturated/α-hetero) is 1. The summed E-state index contributed by atoms with van der Waals surface area (Å²) in [5.41, 5.74) is 2.46. The molecule has 0 saturated carbocycles. The first-order valence-corrected chi connectivity index (χ1v) is 5.22. The van der Waals surface area contributed by atoms with Crippen molar-refractivity contribution in [1.29, 1.82) is 0 Å². The Balaban J connectivity index is 2.64. The van der Waals surface area contributed by atoms with Gasteiger partial charge in [0.25, 0.3) is 0 Å². The highest BCUT2D eigenvalue weighted by Gasteiger charge is 2.07. The number of ether oxygens (including phenoxy) is 1. The smallest absolute Gasteiger partial charge is 0.133 e. The zero-order valence-corrected chi connectivity index (χ0v) is 9.83. The molecule has 1 rings (SSSR count). The van der Waals surface area contributed by atoms with Gasteiger partial charge in [-0.15, -0.1) is 0 Å². The number of benzene rings is 1. The van der Waals surface area contributed by atoms with Gasteiger partial charge in [0.15, 0.2) is 0 Å². The van der Waals surface area contributed by atoms with E-state index < -0.39 is 0 Å². The number of carbonyl (C=O) groups excluding carboxylic acids is 1. The van der Waals surface area contributed by atoms with Gasteiger partial charge in [-0.3, -0.25) is 4.79 Å². The minimum absolute atomic E-state index is 0.0513. The number of hydrogen-bond donors (Lipinski definition) is 0. The number of ketones is 1.